The first-order chi connectivity index (χ1) is 7.66. The molecule has 0 bridgehead atoms. The fraction of sp³-hybridized carbons (Fsp3) is 0. The molecular weight excluding hydrogens is 321 g/mol. The van der Waals surface area contributed by atoms with Crippen LogP contribution in [0.1, 0.15) is 0 Å². The predicted molar refractivity (Wildman–Crippen MR) is 68.5 cm³/mol. The molecule has 2 aromatic rings. The summed E-state index contributed by atoms with van der Waals surface area (Å²) < 4.78 is 5.86. The van der Waals surface area contributed by atoms with Gasteiger partial charge in [0.15, 0.2) is 0 Å². The van der Waals surface area contributed by atoms with Gasteiger partial charge in [-0.1, -0.05) is 0 Å². The standard InChI is InChI=1S/C10H8IN3O2/c11-8-9(15)13-5-14-10(8)16-7-3-1-6(12)2-4-7/h1-5H,12H2,(H,13,14,15). The van der Waals surface area contributed by atoms with Gasteiger partial charge in [0.1, 0.15) is 9.32 Å². The number of hydrogen-bond acceptors (Lipinski definition) is 4. The van der Waals surface area contributed by atoms with Gasteiger partial charge < -0.3 is 15.5 Å². The van der Waals surface area contributed by atoms with E-state index in [2.05, 4.69) is 9.97 Å². The van der Waals surface area contributed by atoms with Crippen LogP contribution in [0.3, 0.4) is 0 Å². The van der Waals surface area contributed by atoms with E-state index in [0.717, 1.165) is 0 Å². The smallest absolute Gasteiger partial charge is 0.268 e. The molecule has 6 heteroatoms. The normalized spacial score (nSPS) is 10.1. The molecule has 0 unspecified atom stereocenters. The first-order valence-electron chi connectivity index (χ1n) is 4.43. The molecular formula is C10H8IN3O2. The van der Waals surface area contributed by atoms with Gasteiger partial charge in [-0.15, -0.1) is 0 Å². The highest BCUT2D eigenvalue weighted by molar-refractivity contribution is 14.1. The number of halogens is 1. The Kier molecular flexibility index (Phi) is 3.09. The number of aromatic nitrogens is 2. The van der Waals surface area contributed by atoms with Crippen molar-refractivity contribution in [1.82, 2.24) is 9.97 Å². The summed E-state index contributed by atoms with van der Waals surface area (Å²) in [6.45, 7) is 0. The Balaban J connectivity index is 2.30. The monoisotopic (exact) mass is 329 g/mol. The van der Waals surface area contributed by atoms with Gasteiger partial charge in [-0.05, 0) is 46.9 Å². The van der Waals surface area contributed by atoms with Crippen molar-refractivity contribution in [2.24, 2.45) is 0 Å². The van der Waals surface area contributed by atoms with Crippen LogP contribution in [0.15, 0.2) is 35.4 Å². The van der Waals surface area contributed by atoms with Crippen LogP contribution in [0.4, 0.5) is 5.69 Å². The summed E-state index contributed by atoms with van der Waals surface area (Å²) in [5, 5.41) is 0. The van der Waals surface area contributed by atoms with Crippen molar-refractivity contribution in [2.45, 2.75) is 0 Å². The van der Waals surface area contributed by atoms with E-state index < -0.39 is 0 Å². The number of anilines is 1. The van der Waals surface area contributed by atoms with Gasteiger partial charge in [0.25, 0.3) is 5.56 Å². The molecule has 3 N–H and O–H groups in total. The largest absolute Gasteiger partial charge is 0.438 e. The molecule has 0 atom stereocenters. The number of hydrogen-bond donors (Lipinski definition) is 2. The first-order valence-corrected chi connectivity index (χ1v) is 5.51. The Morgan fingerprint density at radius 1 is 1.31 bits per heavy atom. The summed E-state index contributed by atoms with van der Waals surface area (Å²) in [5.41, 5.74) is 5.98. The molecule has 0 spiro atoms. The summed E-state index contributed by atoms with van der Waals surface area (Å²) in [7, 11) is 0. The van der Waals surface area contributed by atoms with Crippen molar-refractivity contribution in [3.63, 3.8) is 0 Å². The molecule has 1 heterocycles. The number of aromatic amines is 1. The topological polar surface area (TPSA) is 81.0 Å². The lowest BCUT2D eigenvalue weighted by atomic mass is 10.3. The number of benzene rings is 1. The molecule has 0 saturated carbocycles. The molecule has 1 aromatic heterocycles. The predicted octanol–water partition coefficient (Wildman–Crippen LogP) is 1.75. The fourth-order valence-electron chi connectivity index (χ4n) is 1.09. The van der Waals surface area contributed by atoms with E-state index >= 15 is 0 Å². The molecule has 0 saturated heterocycles. The van der Waals surface area contributed by atoms with E-state index in [0.29, 0.717) is 15.0 Å². The Labute approximate surface area is 105 Å². The van der Waals surface area contributed by atoms with Gasteiger partial charge in [-0.2, -0.15) is 0 Å². The highest BCUT2D eigenvalue weighted by Crippen LogP contribution is 2.22. The van der Waals surface area contributed by atoms with E-state index in [4.69, 9.17) is 10.5 Å². The SMILES string of the molecule is Nc1ccc(Oc2nc[nH]c(=O)c2I)cc1. The summed E-state index contributed by atoms with van der Waals surface area (Å²) in [5.74, 6) is 0.874. The zero-order chi connectivity index (χ0) is 11.5. The third-order valence-electron chi connectivity index (χ3n) is 1.86. The zero-order valence-corrected chi connectivity index (χ0v) is 10.3. The Bertz CT molecular complexity index is 551. The highest BCUT2D eigenvalue weighted by atomic mass is 127. The van der Waals surface area contributed by atoms with Gasteiger partial charge in [0.05, 0.1) is 6.33 Å². The molecule has 0 amide bonds. The lowest BCUT2D eigenvalue weighted by Gasteiger charge is -2.05. The van der Waals surface area contributed by atoms with E-state index in [1.165, 1.54) is 6.33 Å². The van der Waals surface area contributed by atoms with Crippen LogP contribution in [-0.4, -0.2) is 9.97 Å². The molecule has 0 aliphatic heterocycles. The van der Waals surface area contributed by atoms with Crippen LogP contribution >= 0.6 is 22.6 Å². The van der Waals surface area contributed by atoms with Gasteiger partial charge in [-0.25, -0.2) is 4.98 Å². The molecule has 5 nitrogen and oxygen atoms in total. The van der Waals surface area contributed by atoms with Crippen LogP contribution in [0, 0.1) is 3.57 Å². The second-order valence-corrected chi connectivity index (χ2v) is 4.10. The van der Waals surface area contributed by atoms with Gasteiger partial charge >= 0.3 is 0 Å². The minimum atomic E-state index is -0.221. The van der Waals surface area contributed by atoms with Crippen molar-refractivity contribution >= 4 is 28.3 Å². The second kappa shape index (κ2) is 4.52. The molecule has 0 aliphatic rings. The number of ether oxygens (including phenoxy) is 1. The van der Waals surface area contributed by atoms with Gasteiger partial charge in [0.2, 0.25) is 5.88 Å². The van der Waals surface area contributed by atoms with E-state index in [1.54, 1.807) is 24.3 Å². The van der Waals surface area contributed by atoms with Crippen molar-refractivity contribution in [2.75, 3.05) is 5.73 Å². The number of H-pyrrole nitrogens is 1. The van der Waals surface area contributed by atoms with Gasteiger partial charge in [-0.3, -0.25) is 4.79 Å². The van der Waals surface area contributed by atoms with Crippen LogP contribution in [0.25, 0.3) is 0 Å². The molecule has 0 fully saturated rings. The maximum atomic E-state index is 11.3. The fourth-order valence-corrected chi connectivity index (χ4v) is 1.49. The number of rotatable bonds is 2. The quantitative estimate of drug-likeness (QED) is 0.650. The lowest BCUT2D eigenvalue weighted by Crippen LogP contribution is -2.11. The Morgan fingerprint density at radius 3 is 2.69 bits per heavy atom. The molecule has 16 heavy (non-hydrogen) atoms. The maximum Gasteiger partial charge on any atom is 0.268 e. The van der Waals surface area contributed by atoms with E-state index in [9.17, 15) is 4.79 Å². The van der Waals surface area contributed by atoms with Crippen molar-refractivity contribution < 1.29 is 4.74 Å². The minimum absolute atomic E-state index is 0.221. The molecule has 1 aromatic carbocycles. The first kappa shape index (κ1) is 10.9. The van der Waals surface area contributed by atoms with Crippen LogP contribution in [-0.2, 0) is 0 Å². The number of nitrogens with zero attached hydrogens (tertiary/aromatic N) is 1. The van der Waals surface area contributed by atoms with Gasteiger partial charge in [0, 0.05) is 5.69 Å². The van der Waals surface area contributed by atoms with E-state index in [-0.39, 0.29) is 11.4 Å². The Hall–Kier alpha value is -1.57. The maximum absolute atomic E-state index is 11.3. The molecule has 0 aliphatic carbocycles. The zero-order valence-electron chi connectivity index (χ0n) is 8.11. The number of nitrogen functional groups attached to an aromatic ring is 1. The second-order valence-electron chi connectivity index (χ2n) is 3.02. The molecule has 2 rings (SSSR count). The summed E-state index contributed by atoms with van der Waals surface area (Å²) in [6, 6.07) is 6.87. The van der Waals surface area contributed by atoms with Crippen molar-refractivity contribution in [3.05, 3.63) is 44.5 Å². The summed E-state index contributed by atoms with van der Waals surface area (Å²) >= 11 is 1.88. The van der Waals surface area contributed by atoms with Crippen LogP contribution in [0.5, 0.6) is 11.6 Å². The van der Waals surface area contributed by atoms with Crippen molar-refractivity contribution in [3.8, 4) is 11.6 Å². The minimum Gasteiger partial charge on any atom is -0.438 e. The summed E-state index contributed by atoms with van der Waals surface area (Å²) in [4.78, 5) is 17.7. The Morgan fingerprint density at radius 2 is 2.00 bits per heavy atom. The lowest BCUT2D eigenvalue weighted by molar-refractivity contribution is 0.456. The number of nitrogens with two attached hydrogens (primary N) is 1. The average molecular weight is 329 g/mol. The third kappa shape index (κ3) is 2.32. The average Bonchev–Trinajstić information content (AvgIpc) is 2.28. The summed E-state index contributed by atoms with van der Waals surface area (Å²) in [6.07, 6.45) is 1.30. The van der Waals surface area contributed by atoms with E-state index in [1.807, 2.05) is 22.6 Å². The third-order valence-corrected chi connectivity index (χ3v) is 2.81. The number of nitrogens with one attached hydrogen (secondary N) is 1. The van der Waals surface area contributed by atoms with Crippen LogP contribution < -0.4 is 16.0 Å². The highest BCUT2D eigenvalue weighted by Gasteiger charge is 2.07. The molecule has 0 radical (unpaired) electrons. The van der Waals surface area contributed by atoms with Crippen molar-refractivity contribution in [1.29, 1.82) is 0 Å². The molecule has 82 valence electrons. The van der Waals surface area contributed by atoms with Crippen LogP contribution in [0.2, 0.25) is 0 Å².